The minimum atomic E-state index is -0.676. The molecule has 0 aliphatic heterocycles. The Kier molecular flexibility index (Phi) is 6.08. The fraction of sp³-hybridized carbons (Fsp3) is 0.533. The summed E-state index contributed by atoms with van der Waals surface area (Å²) in [6, 6.07) is 2.70. The van der Waals surface area contributed by atoms with Crippen LogP contribution < -0.4 is 10.6 Å². The molecule has 0 aromatic heterocycles. The molecule has 1 rings (SSSR count). The minimum absolute atomic E-state index is 0.0390. The molecule has 4 nitrogen and oxygen atoms in total. The maximum Gasteiger partial charge on any atom is 0.315 e. The fourth-order valence-electron chi connectivity index (χ4n) is 2.15. The summed E-state index contributed by atoms with van der Waals surface area (Å²) in [6.07, 6.45) is 0.114. The number of aliphatic hydroxyl groups excluding tert-OH is 1. The van der Waals surface area contributed by atoms with Crippen LogP contribution in [-0.4, -0.2) is 23.8 Å². The number of carbonyl (C=O) groups is 1. The highest BCUT2D eigenvalue weighted by molar-refractivity contribution is 5.73. The number of nitrogens with one attached hydrogen (secondary N) is 2. The van der Waals surface area contributed by atoms with E-state index in [1.807, 2.05) is 13.8 Å². The lowest BCUT2D eigenvalue weighted by Crippen LogP contribution is -2.41. The van der Waals surface area contributed by atoms with Gasteiger partial charge in [0.25, 0.3) is 0 Å². The molecule has 0 heterocycles. The van der Waals surface area contributed by atoms with Crippen molar-refractivity contribution in [3.63, 3.8) is 0 Å². The van der Waals surface area contributed by atoms with Crippen molar-refractivity contribution in [2.45, 2.75) is 39.8 Å². The van der Waals surface area contributed by atoms with E-state index >= 15 is 0 Å². The number of urea groups is 1. The molecule has 21 heavy (non-hydrogen) atoms. The molecule has 0 radical (unpaired) electrons. The molecule has 0 saturated heterocycles. The van der Waals surface area contributed by atoms with Crippen molar-refractivity contribution < 1.29 is 18.7 Å². The Morgan fingerprint density at radius 1 is 1.24 bits per heavy atom. The highest BCUT2D eigenvalue weighted by Gasteiger charge is 2.20. The maximum atomic E-state index is 13.0. The third kappa shape index (κ3) is 7.04. The molecule has 0 fully saturated rings. The molecular formula is C15H22F2N2O2. The Morgan fingerprint density at radius 3 is 2.33 bits per heavy atom. The Morgan fingerprint density at radius 2 is 1.81 bits per heavy atom. The van der Waals surface area contributed by atoms with E-state index in [2.05, 4.69) is 10.6 Å². The molecular weight excluding hydrogens is 278 g/mol. The van der Waals surface area contributed by atoms with Gasteiger partial charge in [0.2, 0.25) is 0 Å². The molecule has 1 atom stereocenters. The van der Waals surface area contributed by atoms with E-state index in [1.165, 1.54) is 12.1 Å². The number of carbonyl (C=O) groups excluding carboxylic acids is 1. The molecule has 118 valence electrons. The summed E-state index contributed by atoms with van der Waals surface area (Å²) >= 11 is 0. The molecule has 0 bridgehead atoms. The van der Waals surface area contributed by atoms with Crippen LogP contribution in [-0.2, 0) is 6.54 Å². The van der Waals surface area contributed by atoms with Crippen molar-refractivity contribution >= 4 is 6.03 Å². The molecule has 3 N–H and O–H groups in total. The second kappa shape index (κ2) is 7.36. The van der Waals surface area contributed by atoms with Gasteiger partial charge in [0.05, 0.1) is 6.10 Å². The molecule has 0 unspecified atom stereocenters. The van der Waals surface area contributed by atoms with Crippen LogP contribution in [0.25, 0.3) is 0 Å². The monoisotopic (exact) mass is 300 g/mol. The summed E-state index contributed by atoms with van der Waals surface area (Å²) < 4.78 is 26.0. The highest BCUT2D eigenvalue weighted by Crippen LogP contribution is 2.20. The number of amides is 2. The summed E-state index contributed by atoms with van der Waals surface area (Å²) in [5, 5.41) is 14.6. The predicted octanol–water partition coefficient (Wildman–Crippen LogP) is 2.56. The van der Waals surface area contributed by atoms with E-state index in [0.717, 1.165) is 6.07 Å². The maximum absolute atomic E-state index is 13.0. The summed E-state index contributed by atoms with van der Waals surface area (Å²) in [5.41, 5.74) is 0.113. The normalized spacial score (nSPS) is 12.9. The van der Waals surface area contributed by atoms with E-state index in [-0.39, 0.29) is 12.0 Å². The molecule has 0 saturated carbocycles. The number of halogens is 2. The van der Waals surface area contributed by atoms with Crippen molar-refractivity contribution in [1.82, 2.24) is 10.6 Å². The van der Waals surface area contributed by atoms with Gasteiger partial charge in [-0.3, -0.25) is 0 Å². The standard InChI is InChI=1S/C15H22F2N2O2/c1-10(20)7-15(2,3)9-19-14(21)18-8-11-4-12(16)6-13(17)5-11/h4-6,10,20H,7-9H2,1-3H3,(H2,18,19,21)/t10-/m1/s1. The molecule has 0 aliphatic rings. The quantitative estimate of drug-likeness (QED) is 0.756. The SMILES string of the molecule is C[C@@H](O)CC(C)(C)CNC(=O)NCc1cc(F)cc(F)c1. The van der Waals surface area contributed by atoms with Gasteiger partial charge >= 0.3 is 6.03 Å². The Labute approximate surface area is 123 Å². The van der Waals surface area contributed by atoms with Crippen molar-refractivity contribution in [2.24, 2.45) is 5.41 Å². The van der Waals surface area contributed by atoms with Crippen LogP contribution in [0.2, 0.25) is 0 Å². The zero-order chi connectivity index (χ0) is 16.0. The largest absolute Gasteiger partial charge is 0.393 e. The van der Waals surface area contributed by atoms with Gasteiger partial charge in [0.1, 0.15) is 11.6 Å². The third-order valence-corrected chi connectivity index (χ3v) is 2.95. The van der Waals surface area contributed by atoms with E-state index in [1.54, 1.807) is 6.92 Å². The average molecular weight is 300 g/mol. The van der Waals surface area contributed by atoms with E-state index in [0.29, 0.717) is 18.5 Å². The Hall–Kier alpha value is -1.69. The van der Waals surface area contributed by atoms with Crippen molar-refractivity contribution in [2.75, 3.05) is 6.54 Å². The zero-order valence-corrected chi connectivity index (χ0v) is 12.5. The summed E-state index contributed by atoms with van der Waals surface area (Å²) in [6.45, 7) is 5.99. The van der Waals surface area contributed by atoms with Gasteiger partial charge in [-0.1, -0.05) is 13.8 Å². The first-order valence-electron chi connectivity index (χ1n) is 6.83. The highest BCUT2D eigenvalue weighted by atomic mass is 19.1. The van der Waals surface area contributed by atoms with Crippen molar-refractivity contribution in [3.8, 4) is 0 Å². The van der Waals surface area contributed by atoms with Gasteiger partial charge in [-0.15, -0.1) is 0 Å². The first-order valence-corrected chi connectivity index (χ1v) is 6.83. The van der Waals surface area contributed by atoms with Gasteiger partial charge < -0.3 is 15.7 Å². The predicted molar refractivity (Wildman–Crippen MR) is 76.7 cm³/mol. The minimum Gasteiger partial charge on any atom is -0.393 e. The van der Waals surface area contributed by atoms with Gasteiger partial charge in [0, 0.05) is 19.2 Å². The Bertz CT molecular complexity index is 470. The topological polar surface area (TPSA) is 61.4 Å². The summed E-state index contributed by atoms with van der Waals surface area (Å²) in [5.74, 6) is -1.35. The molecule has 6 heteroatoms. The smallest absolute Gasteiger partial charge is 0.315 e. The van der Waals surface area contributed by atoms with Gasteiger partial charge in [-0.05, 0) is 36.5 Å². The van der Waals surface area contributed by atoms with Crippen LogP contribution in [0, 0.1) is 17.0 Å². The first kappa shape index (κ1) is 17.4. The fourth-order valence-corrected chi connectivity index (χ4v) is 2.15. The van der Waals surface area contributed by atoms with Crippen LogP contribution in [0.1, 0.15) is 32.8 Å². The summed E-state index contributed by atoms with van der Waals surface area (Å²) in [4.78, 5) is 11.6. The molecule has 0 aliphatic carbocycles. The molecule has 1 aromatic carbocycles. The molecule has 1 aromatic rings. The van der Waals surface area contributed by atoms with Gasteiger partial charge in [0.15, 0.2) is 0 Å². The van der Waals surface area contributed by atoms with Crippen molar-refractivity contribution in [1.29, 1.82) is 0 Å². The van der Waals surface area contributed by atoms with Crippen LogP contribution in [0.5, 0.6) is 0 Å². The van der Waals surface area contributed by atoms with E-state index in [4.69, 9.17) is 0 Å². The molecule has 0 spiro atoms. The van der Waals surface area contributed by atoms with E-state index < -0.39 is 23.8 Å². The average Bonchev–Trinajstić information content (AvgIpc) is 2.31. The van der Waals surface area contributed by atoms with Crippen LogP contribution >= 0.6 is 0 Å². The lowest BCUT2D eigenvalue weighted by Gasteiger charge is -2.26. The third-order valence-electron chi connectivity index (χ3n) is 2.95. The van der Waals surface area contributed by atoms with Crippen LogP contribution in [0.3, 0.4) is 0 Å². The zero-order valence-electron chi connectivity index (χ0n) is 12.5. The first-order chi connectivity index (χ1) is 9.68. The van der Waals surface area contributed by atoms with Crippen LogP contribution in [0.4, 0.5) is 13.6 Å². The van der Waals surface area contributed by atoms with Gasteiger partial charge in [-0.25, -0.2) is 13.6 Å². The van der Waals surface area contributed by atoms with E-state index in [9.17, 15) is 18.7 Å². The number of hydrogen-bond donors (Lipinski definition) is 3. The number of rotatable bonds is 6. The van der Waals surface area contributed by atoms with Crippen molar-refractivity contribution in [3.05, 3.63) is 35.4 Å². The lowest BCUT2D eigenvalue weighted by molar-refractivity contribution is 0.129. The van der Waals surface area contributed by atoms with Gasteiger partial charge in [-0.2, -0.15) is 0 Å². The summed E-state index contributed by atoms with van der Waals surface area (Å²) in [7, 11) is 0. The Balaban J connectivity index is 2.40. The number of aliphatic hydroxyl groups is 1. The second-order valence-corrected chi connectivity index (χ2v) is 6.03. The second-order valence-electron chi connectivity index (χ2n) is 6.03. The number of hydrogen-bond acceptors (Lipinski definition) is 2. The van der Waals surface area contributed by atoms with Crippen LogP contribution in [0.15, 0.2) is 18.2 Å². The lowest BCUT2D eigenvalue weighted by atomic mass is 9.87. The number of benzene rings is 1. The molecule has 2 amide bonds.